The van der Waals surface area contributed by atoms with E-state index >= 15 is 0 Å². The van der Waals surface area contributed by atoms with Crippen molar-refractivity contribution >= 4 is 22.6 Å². The predicted molar refractivity (Wildman–Crippen MR) is 98.8 cm³/mol. The maximum absolute atomic E-state index is 12.6. The first-order valence-corrected chi connectivity index (χ1v) is 8.45. The summed E-state index contributed by atoms with van der Waals surface area (Å²) in [6, 6.07) is 6.90. The van der Waals surface area contributed by atoms with E-state index < -0.39 is 11.6 Å². The van der Waals surface area contributed by atoms with Crippen molar-refractivity contribution in [2.24, 2.45) is 0 Å². The molecule has 136 valence electrons. The van der Waals surface area contributed by atoms with Gasteiger partial charge in [-0.1, -0.05) is 12.1 Å². The zero-order valence-electron chi connectivity index (χ0n) is 15.1. The van der Waals surface area contributed by atoms with Crippen molar-refractivity contribution in [1.82, 2.24) is 14.6 Å². The maximum Gasteiger partial charge on any atom is 0.344 e. The highest BCUT2D eigenvalue weighted by Gasteiger charge is 2.20. The standard InChI is InChI=1S/C20H17N3O4/c1-11-5-6-15-14(9-16(24)27-18(15)12(11)2)10-26-20(25)17-13(3)22-23-8-4-7-21-19(17)23/h4-9H,10H2,1-3H3. The summed E-state index contributed by atoms with van der Waals surface area (Å²) in [4.78, 5) is 28.8. The molecule has 3 heterocycles. The van der Waals surface area contributed by atoms with E-state index in [0.717, 1.165) is 16.5 Å². The molecule has 0 aliphatic rings. The molecule has 0 saturated carbocycles. The molecule has 0 spiro atoms. The van der Waals surface area contributed by atoms with Gasteiger partial charge in [0, 0.05) is 29.4 Å². The van der Waals surface area contributed by atoms with Gasteiger partial charge in [0.15, 0.2) is 5.65 Å². The molecule has 0 fully saturated rings. The van der Waals surface area contributed by atoms with Crippen LogP contribution in [0.1, 0.15) is 32.7 Å². The van der Waals surface area contributed by atoms with Gasteiger partial charge in [0.25, 0.3) is 0 Å². The Hall–Kier alpha value is -3.48. The molecule has 0 N–H and O–H groups in total. The van der Waals surface area contributed by atoms with Gasteiger partial charge >= 0.3 is 11.6 Å². The second-order valence-electron chi connectivity index (χ2n) is 6.40. The van der Waals surface area contributed by atoms with E-state index in [1.807, 2.05) is 26.0 Å². The van der Waals surface area contributed by atoms with Crippen LogP contribution in [0.3, 0.4) is 0 Å². The van der Waals surface area contributed by atoms with Gasteiger partial charge in [-0.2, -0.15) is 5.10 Å². The maximum atomic E-state index is 12.6. The molecule has 0 saturated heterocycles. The number of hydrogen-bond donors (Lipinski definition) is 0. The van der Waals surface area contributed by atoms with Gasteiger partial charge in [-0.15, -0.1) is 0 Å². The van der Waals surface area contributed by atoms with Gasteiger partial charge in [0.05, 0.1) is 5.69 Å². The molecule has 4 aromatic rings. The Balaban J connectivity index is 1.69. The summed E-state index contributed by atoms with van der Waals surface area (Å²) in [5.74, 6) is -0.536. The highest BCUT2D eigenvalue weighted by Crippen LogP contribution is 2.24. The zero-order chi connectivity index (χ0) is 19.1. The number of hydrogen-bond acceptors (Lipinski definition) is 6. The third kappa shape index (κ3) is 2.87. The molecular weight excluding hydrogens is 346 g/mol. The van der Waals surface area contributed by atoms with E-state index in [1.165, 1.54) is 10.6 Å². The summed E-state index contributed by atoms with van der Waals surface area (Å²) in [5.41, 5.74) is 3.83. The van der Waals surface area contributed by atoms with Crippen LogP contribution in [0.4, 0.5) is 0 Å². The second-order valence-corrected chi connectivity index (χ2v) is 6.40. The summed E-state index contributed by atoms with van der Waals surface area (Å²) in [5, 5.41) is 5.01. The summed E-state index contributed by atoms with van der Waals surface area (Å²) in [6.07, 6.45) is 3.31. The number of esters is 1. The van der Waals surface area contributed by atoms with Crippen molar-refractivity contribution in [2.75, 3.05) is 0 Å². The summed E-state index contributed by atoms with van der Waals surface area (Å²) >= 11 is 0. The van der Waals surface area contributed by atoms with E-state index in [-0.39, 0.29) is 6.61 Å². The van der Waals surface area contributed by atoms with Crippen LogP contribution in [0.15, 0.2) is 45.9 Å². The average Bonchev–Trinajstić information content (AvgIpc) is 2.98. The third-order valence-electron chi connectivity index (χ3n) is 4.65. The minimum absolute atomic E-state index is 0.0486. The first-order valence-electron chi connectivity index (χ1n) is 8.45. The van der Waals surface area contributed by atoms with Gasteiger partial charge in [0.2, 0.25) is 0 Å². The lowest BCUT2D eigenvalue weighted by Crippen LogP contribution is -2.09. The van der Waals surface area contributed by atoms with Crippen LogP contribution < -0.4 is 5.63 Å². The highest BCUT2D eigenvalue weighted by molar-refractivity contribution is 5.97. The Kier molecular flexibility index (Phi) is 3.99. The molecule has 0 aliphatic heterocycles. The van der Waals surface area contributed by atoms with E-state index in [2.05, 4.69) is 10.1 Å². The van der Waals surface area contributed by atoms with Gasteiger partial charge in [0.1, 0.15) is 17.8 Å². The number of carbonyl (C=O) groups excluding carboxylic acids is 1. The number of carbonyl (C=O) groups is 1. The Morgan fingerprint density at radius 2 is 2.07 bits per heavy atom. The smallest absolute Gasteiger partial charge is 0.344 e. The van der Waals surface area contributed by atoms with Gasteiger partial charge in [-0.3, -0.25) is 0 Å². The third-order valence-corrected chi connectivity index (χ3v) is 4.65. The normalized spacial score (nSPS) is 11.2. The van der Waals surface area contributed by atoms with Crippen molar-refractivity contribution < 1.29 is 13.9 Å². The number of benzene rings is 1. The predicted octanol–water partition coefficient (Wildman–Crippen LogP) is 3.12. The minimum Gasteiger partial charge on any atom is -0.457 e. The van der Waals surface area contributed by atoms with Crippen molar-refractivity contribution in [2.45, 2.75) is 27.4 Å². The molecule has 1 aromatic carbocycles. The van der Waals surface area contributed by atoms with E-state index in [4.69, 9.17) is 9.15 Å². The molecule has 7 nitrogen and oxygen atoms in total. The van der Waals surface area contributed by atoms with Crippen LogP contribution in [-0.2, 0) is 11.3 Å². The van der Waals surface area contributed by atoms with Crippen molar-refractivity contribution in [3.8, 4) is 0 Å². The highest BCUT2D eigenvalue weighted by atomic mass is 16.5. The summed E-state index contributed by atoms with van der Waals surface area (Å²) in [6.45, 7) is 5.52. The lowest BCUT2D eigenvalue weighted by Gasteiger charge is -2.09. The molecule has 0 atom stereocenters. The molecule has 4 rings (SSSR count). The SMILES string of the molecule is Cc1ccc2c(COC(=O)c3c(C)nn4cccnc34)cc(=O)oc2c1C. The number of ether oxygens (including phenoxy) is 1. The first kappa shape index (κ1) is 17.0. The lowest BCUT2D eigenvalue weighted by atomic mass is 10.0. The molecule has 7 heteroatoms. The number of aryl methyl sites for hydroxylation is 3. The topological polar surface area (TPSA) is 86.7 Å². The molecule has 0 bridgehead atoms. The second kappa shape index (κ2) is 6.35. The summed E-state index contributed by atoms with van der Waals surface area (Å²) < 4.78 is 12.4. The quantitative estimate of drug-likeness (QED) is 0.411. The van der Waals surface area contributed by atoms with Crippen molar-refractivity contribution in [3.63, 3.8) is 0 Å². The van der Waals surface area contributed by atoms with Crippen LogP contribution >= 0.6 is 0 Å². The molecular formula is C20H17N3O4. The van der Waals surface area contributed by atoms with Gasteiger partial charge < -0.3 is 9.15 Å². The molecule has 0 aliphatic carbocycles. The van der Waals surface area contributed by atoms with Crippen LogP contribution in [0.5, 0.6) is 0 Å². The summed E-state index contributed by atoms with van der Waals surface area (Å²) in [7, 11) is 0. The fourth-order valence-corrected chi connectivity index (χ4v) is 3.10. The van der Waals surface area contributed by atoms with Crippen LogP contribution in [0.25, 0.3) is 16.6 Å². The Bertz CT molecular complexity index is 1250. The number of aromatic nitrogens is 3. The van der Waals surface area contributed by atoms with Crippen LogP contribution in [0.2, 0.25) is 0 Å². The number of fused-ring (bicyclic) bond motifs is 2. The van der Waals surface area contributed by atoms with Gasteiger partial charge in [-0.25, -0.2) is 19.1 Å². The van der Waals surface area contributed by atoms with Gasteiger partial charge in [-0.05, 0) is 38.0 Å². The van der Waals surface area contributed by atoms with Crippen molar-refractivity contribution in [3.05, 3.63) is 75.0 Å². The fraction of sp³-hybridized carbons (Fsp3) is 0.200. The van der Waals surface area contributed by atoms with Crippen LogP contribution in [0, 0.1) is 20.8 Å². The lowest BCUT2D eigenvalue weighted by molar-refractivity contribution is 0.0475. The van der Waals surface area contributed by atoms with E-state index in [9.17, 15) is 9.59 Å². The zero-order valence-corrected chi connectivity index (χ0v) is 15.1. The minimum atomic E-state index is -0.536. The van der Waals surface area contributed by atoms with E-state index in [1.54, 1.807) is 25.4 Å². The monoisotopic (exact) mass is 363 g/mol. The molecule has 0 unspecified atom stereocenters. The average molecular weight is 363 g/mol. The molecule has 0 radical (unpaired) electrons. The molecule has 0 amide bonds. The number of nitrogens with zero attached hydrogens (tertiary/aromatic N) is 3. The Morgan fingerprint density at radius 3 is 2.89 bits per heavy atom. The largest absolute Gasteiger partial charge is 0.457 e. The van der Waals surface area contributed by atoms with Crippen LogP contribution in [-0.4, -0.2) is 20.6 Å². The molecule has 3 aromatic heterocycles. The molecule has 27 heavy (non-hydrogen) atoms. The Morgan fingerprint density at radius 1 is 1.26 bits per heavy atom. The first-order chi connectivity index (χ1) is 13.0. The fourth-order valence-electron chi connectivity index (χ4n) is 3.10. The number of rotatable bonds is 3. The van der Waals surface area contributed by atoms with Crippen molar-refractivity contribution in [1.29, 1.82) is 0 Å². The van der Waals surface area contributed by atoms with E-state index in [0.29, 0.717) is 28.1 Å². The Labute approximate surface area is 154 Å².